The molecule has 0 fully saturated rings. The number of amides is 1. The Bertz CT molecular complexity index is 940. The van der Waals surface area contributed by atoms with Crippen molar-refractivity contribution < 1.29 is 4.79 Å². The van der Waals surface area contributed by atoms with Gasteiger partial charge in [0.05, 0.1) is 5.52 Å². The zero-order valence-corrected chi connectivity index (χ0v) is 12.7. The van der Waals surface area contributed by atoms with Gasteiger partial charge in [-0.05, 0) is 36.3 Å². The predicted octanol–water partition coefficient (Wildman–Crippen LogP) is 3.49. The summed E-state index contributed by atoms with van der Waals surface area (Å²) in [6.07, 6.45) is 3.24. The molecule has 0 aliphatic heterocycles. The third-order valence-corrected chi connectivity index (χ3v) is 3.54. The largest absolute Gasteiger partial charge is 0.322 e. The number of carbonyl (C=O) groups excluding carboxylic acids is 1. The van der Waals surface area contributed by atoms with Crippen molar-refractivity contribution in [2.75, 3.05) is 5.32 Å². The van der Waals surface area contributed by atoms with E-state index in [0.29, 0.717) is 11.2 Å². The Labute approximate surface area is 133 Å². The number of hydrogen-bond acceptors (Lipinski definition) is 2. The SMILES string of the molecule is Cc1cc(=O)[nH]c2cc(NC(=O)/C=C\c3ccccc3)ccc12. The van der Waals surface area contributed by atoms with Crippen LogP contribution in [0.3, 0.4) is 0 Å². The van der Waals surface area contributed by atoms with Crippen LogP contribution in [-0.4, -0.2) is 10.9 Å². The van der Waals surface area contributed by atoms with Gasteiger partial charge in [0.15, 0.2) is 0 Å². The van der Waals surface area contributed by atoms with Crippen LogP contribution in [0.5, 0.6) is 0 Å². The number of fused-ring (bicyclic) bond motifs is 1. The number of aryl methyl sites for hydroxylation is 1. The van der Waals surface area contributed by atoms with Crippen molar-refractivity contribution in [2.24, 2.45) is 0 Å². The molecular weight excluding hydrogens is 288 g/mol. The second-order valence-electron chi connectivity index (χ2n) is 5.31. The van der Waals surface area contributed by atoms with E-state index in [0.717, 1.165) is 16.5 Å². The molecule has 0 saturated heterocycles. The molecule has 1 amide bonds. The lowest BCUT2D eigenvalue weighted by Crippen LogP contribution is -2.09. The maximum absolute atomic E-state index is 12.0. The van der Waals surface area contributed by atoms with Gasteiger partial charge in [0.2, 0.25) is 11.5 Å². The molecule has 2 N–H and O–H groups in total. The number of hydrogen-bond donors (Lipinski definition) is 2. The number of anilines is 1. The van der Waals surface area contributed by atoms with Crippen molar-refractivity contribution in [1.82, 2.24) is 4.98 Å². The van der Waals surface area contributed by atoms with Crippen LogP contribution in [0.2, 0.25) is 0 Å². The lowest BCUT2D eigenvalue weighted by molar-refractivity contribution is -0.111. The van der Waals surface area contributed by atoms with Crippen molar-refractivity contribution in [2.45, 2.75) is 6.92 Å². The van der Waals surface area contributed by atoms with Crippen molar-refractivity contribution in [3.05, 3.63) is 82.2 Å². The zero-order valence-electron chi connectivity index (χ0n) is 12.7. The van der Waals surface area contributed by atoms with Crippen molar-refractivity contribution >= 4 is 28.6 Å². The van der Waals surface area contributed by atoms with E-state index in [1.165, 1.54) is 6.08 Å². The molecule has 2 aromatic carbocycles. The Morgan fingerprint density at radius 1 is 1.09 bits per heavy atom. The minimum atomic E-state index is -0.219. The standard InChI is InChI=1S/C19H16N2O2/c1-13-11-19(23)21-17-12-15(8-9-16(13)17)20-18(22)10-7-14-5-3-2-4-6-14/h2-12H,1H3,(H,20,22)(H,21,23)/b10-7-. The molecule has 0 atom stereocenters. The van der Waals surface area contributed by atoms with Crippen LogP contribution < -0.4 is 10.9 Å². The minimum Gasteiger partial charge on any atom is -0.322 e. The molecule has 3 rings (SSSR count). The summed E-state index contributed by atoms with van der Waals surface area (Å²) in [5.74, 6) is -0.219. The second kappa shape index (κ2) is 6.32. The molecule has 3 aromatic rings. The fourth-order valence-corrected chi connectivity index (χ4v) is 2.43. The minimum absolute atomic E-state index is 0.151. The van der Waals surface area contributed by atoms with E-state index in [2.05, 4.69) is 10.3 Å². The highest BCUT2D eigenvalue weighted by Gasteiger charge is 2.03. The molecule has 23 heavy (non-hydrogen) atoms. The van der Waals surface area contributed by atoms with Gasteiger partial charge in [0.1, 0.15) is 0 Å². The molecule has 4 nitrogen and oxygen atoms in total. The first-order valence-corrected chi connectivity index (χ1v) is 7.29. The number of pyridine rings is 1. The number of benzene rings is 2. The number of H-pyrrole nitrogens is 1. The molecule has 0 bridgehead atoms. The number of aromatic amines is 1. The summed E-state index contributed by atoms with van der Waals surface area (Å²) in [5, 5.41) is 3.76. The fourth-order valence-electron chi connectivity index (χ4n) is 2.43. The molecule has 0 saturated carbocycles. The molecule has 0 spiro atoms. The fraction of sp³-hybridized carbons (Fsp3) is 0.0526. The number of aromatic nitrogens is 1. The topological polar surface area (TPSA) is 62.0 Å². The van der Waals surface area contributed by atoms with Crippen LogP contribution in [0.4, 0.5) is 5.69 Å². The van der Waals surface area contributed by atoms with Crippen LogP contribution in [0.15, 0.2) is 65.5 Å². The first-order valence-electron chi connectivity index (χ1n) is 7.29. The smallest absolute Gasteiger partial charge is 0.248 e. The van der Waals surface area contributed by atoms with E-state index in [-0.39, 0.29) is 11.5 Å². The highest BCUT2D eigenvalue weighted by molar-refractivity contribution is 6.03. The van der Waals surface area contributed by atoms with Crippen LogP contribution in [0.25, 0.3) is 17.0 Å². The van der Waals surface area contributed by atoms with Crippen molar-refractivity contribution in [3.8, 4) is 0 Å². The lowest BCUT2D eigenvalue weighted by Gasteiger charge is -2.06. The molecule has 0 radical (unpaired) electrons. The summed E-state index contributed by atoms with van der Waals surface area (Å²) in [6.45, 7) is 1.89. The van der Waals surface area contributed by atoms with Crippen molar-refractivity contribution in [3.63, 3.8) is 0 Å². The molecule has 0 aliphatic rings. The normalized spacial score (nSPS) is 11.0. The van der Waals surface area contributed by atoms with Crippen LogP contribution in [0, 0.1) is 6.92 Å². The van der Waals surface area contributed by atoms with Crippen LogP contribution >= 0.6 is 0 Å². The zero-order chi connectivity index (χ0) is 16.2. The number of rotatable bonds is 3. The second-order valence-corrected chi connectivity index (χ2v) is 5.31. The molecule has 114 valence electrons. The quantitative estimate of drug-likeness (QED) is 0.728. The third kappa shape index (κ3) is 3.55. The average molecular weight is 304 g/mol. The van der Waals surface area contributed by atoms with Gasteiger partial charge < -0.3 is 10.3 Å². The van der Waals surface area contributed by atoms with Crippen LogP contribution in [-0.2, 0) is 4.79 Å². The predicted molar refractivity (Wildman–Crippen MR) is 93.4 cm³/mol. The first-order chi connectivity index (χ1) is 11.1. The highest BCUT2D eigenvalue weighted by atomic mass is 16.1. The van der Waals surface area contributed by atoms with Gasteiger partial charge in [0.25, 0.3) is 0 Å². The Morgan fingerprint density at radius 2 is 1.87 bits per heavy atom. The Morgan fingerprint density at radius 3 is 2.65 bits per heavy atom. The molecule has 1 heterocycles. The van der Waals surface area contributed by atoms with E-state index in [1.807, 2.05) is 49.4 Å². The maximum atomic E-state index is 12.0. The van der Waals surface area contributed by atoms with E-state index in [9.17, 15) is 9.59 Å². The summed E-state index contributed by atoms with van der Waals surface area (Å²) >= 11 is 0. The third-order valence-electron chi connectivity index (χ3n) is 3.54. The van der Waals surface area contributed by atoms with Crippen LogP contribution in [0.1, 0.15) is 11.1 Å². The summed E-state index contributed by atoms with van der Waals surface area (Å²) in [7, 11) is 0. The summed E-state index contributed by atoms with van der Waals surface area (Å²) in [5.41, 5.74) is 3.07. The monoisotopic (exact) mass is 304 g/mol. The molecule has 0 unspecified atom stereocenters. The molecule has 1 aromatic heterocycles. The molecular formula is C19H16N2O2. The van der Waals surface area contributed by atoms with Gasteiger partial charge in [0, 0.05) is 23.2 Å². The van der Waals surface area contributed by atoms with Gasteiger partial charge >= 0.3 is 0 Å². The molecule has 4 heteroatoms. The highest BCUT2D eigenvalue weighted by Crippen LogP contribution is 2.19. The Balaban J connectivity index is 1.80. The Hall–Kier alpha value is -3.14. The van der Waals surface area contributed by atoms with E-state index in [4.69, 9.17) is 0 Å². The first kappa shape index (κ1) is 14.8. The average Bonchev–Trinajstić information content (AvgIpc) is 2.53. The van der Waals surface area contributed by atoms with Gasteiger partial charge in [-0.1, -0.05) is 36.4 Å². The summed E-state index contributed by atoms with van der Waals surface area (Å²) in [6, 6.07) is 16.6. The lowest BCUT2D eigenvalue weighted by atomic mass is 10.1. The summed E-state index contributed by atoms with van der Waals surface area (Å²) < 4.78 is 0. The van der Waals surface area contributed by atoms with Gasteiger partial charge in [-0.3, -0.25) is 9.59 Å². The molecule has 0 aliphatic carbocycles. The number of nitrogens with one attached hydrogen (secondary N) is 2. The Kier molecular flexibility index (Phi) is 4.06. The van der Waals surface area contributed by atoms with Gasteiger partial charge in [-0.15, -0.1) is 0 Å². The van der Waals surface area contributed by atoms with Gasteiger partial charge in [-0.2, -0.15) is 0 Å². The van der Waals surface area contributed by atoms with Crippen molar-refractivity contribution in [1.29, 1.82) is 0 Å². The van der Waals surface area contributed by atoms with Gasteiger partial charge in [-0.25, -0.2) is 0 Å². The van der Waals surface area contributed by atoms with E-state index >= 15 is 0 Å². The maximum Gasteiger partial charge on any atom is 0.248 e. The number of carbonyl (C=O) groups is 1. The summed E-state index contributed by atoms with van der Waals surface area (Å²) in [4.78, 5) is 26.3. The van der Waals surface area contributed by atoms with E-state index < -0.39 is 0 Å². The van der Waals surface area contributed by atoms with E-state index in [1.54, 1.807) is 18.2 Å².